The molecule has 0 fully saturated rings. The van der Waals surface area contributed by atoms with E-state index in [1.54, 1.807) is 6.20 Å². The molecule has 90 valence electrons. The first-order chi connectivity index (χ1) is 8.08. The molecule has 0 radical (unpaired) electrons. The molecule has 3 nitrogen and oxygen atoms in total. The molecule has 0 bridgehead atoms. The smallest absolute Gasteiger partial charge is 0.303 e. The number of hydrogen-bond acceptors (Lipinski definition) is 2. The average molecular weight is 251 g/mol. The predicted molar refractivity (Wildman–Crippen MR) is 68.9 cm³/mol. The van der Waals surface area contributed by atoms with Gasteiger partial charge in [-0.05, 0) is 38.5 Å². The summed E-state index contributed by atoms with van der Waals surface area (Å²) in [6.45, 7) is 6.10. The molecule has 0 N–H and O–H groups in total. The van der Waals surface area contributed by atoms with Crippen LogP contribution in [0.15, 0.2) is 30.5 Å². The third-order valence-corrected chi connectivity index (χ3v) is 2.71. The summed E-state index contributed by atoms with van der Waals surface area (Å²) in [6.07, 6.45) is 1.60. The fraction of sp³-hybridized carbons (Fsp3) is 0.308. The van der Waals surface area contributed by atoms with Crippen LogP contribution in [0.3, 0.4) is 0 Å². The van der Waals surface area contributed by atoms with Crippen LogP contribution >= 0.6 is 11.6 Å². The van der Waals surface area contributed by atoms with Crippen LogP contribution in [0.4, 0.5) is 0 Å². The second kappa shape index (κ2) is 4.80. The molecule has 2 aromatic rings. The Morgan fingerprint density at radius 2 is 2.12 bits per heavy atom. The Bertz CT molecular complexity index is 520. The average Bonchev–Trinajstić information content (AvgIpc) is 2.59. The van der Waals surface area contributed by atoms with Gasteiger partial charge in [-0.25, -0.2) is 4.98 Å². The van der Waals surface area contributed by atoms with Crippen molar-refractivity contribution >= 4 is 11.6 Å². The van der Waals surface area contributed by atoms with E-state index < -0.39 is 0 Å². The van der Waals surface area contributed by atoms with Crippen LogP contribution in [-0.2, 0) is 0 Å². The summed E-state index contributed by atoms with van der Waals surface area (Å²) in [6, 6.07) is 8.58. The summed E-state index contributed by atoms with van der Waals surface area (Å²) >= 11 is 6.06. The second-order valence-electron chi connectivity index (χ2n) is 4.25. The molecule has 0 saturated carbocycles. The lowest BCUT2D eigenvalue weighted by Gasteiger charge is -2.13. The summed E-state index contributed by atoms with van der Waals surface area (Å²) in [5.74, 6) is 0.772. The first-order valence-electron chi connectivity index (χ1n) is 5.55. The number of halogens is 1. The number of aryl methyl sites for hydroxylation is 1. The fourth-order valence-electron chi connectivity index (χ4n) is 1.65. The maximum atomic E-state index is 6.06. The molecule has 1 aromatic carbocycles. The lowest BCUT2D eigenvalue weighted by atomic mass is 10.2. The maximum Gasteiger partial charge on any atom is 0.303 e. The molecule has 2 rings (SSSR count). The van der Waals surface area contributed by atoms with Crippen LogP contribution in [0.5, 0.6) is 11.8 Å². The second-order valence-corrected chi connectivity index (χ2v) is 4.63. The van der Waals surface area contributed by atoms with Crippen molar-refractivity contribution in [3.63, 3.8) is 0 Å². The van der Waals surface area contributed by atoms with Gasteiger partial charge in [-0.1, -0.05) is 23.7 Å². The normalized spacial score (nSPS) is 10.9. The number of nitrogens with zero attached hydrogens (tertiary/aromatic N) is 2. The van der Waals surface area contributed by atoms with Crippen LogP contribution in [-0.4, -0.2) is 9.55 Å². The molecule has 0 saturated heterocycles. The standard InChI is InChI=1S/C13H15ClN2O/c1-9(2)16-12(14)8-15-13(16)17-11-6-4-5-10(3)7-11/h4-9H,1-3H3. The van der Waals surface area contributed by atoms with Gasteiger partial charge in [0.05, 0.1) is 6.20 Å². The highest BCUT2D eigenvalue weighted by atomic mass is 35.5. The topological polar surface area (TPSA) is 27.1 Å². The Morgan fingerprint density at radius 1 is 1.35 bits per heavy atom. The Labute approximate surface area is 106 Å². The van der Waals surface area contributed by atoms with Gasteiger partial charge in [-0.2, -0.15) is 0 Å². The summed E-state index contributed by atoms with van der Waals surface area (Å²) in [7, 11) is 0. The van der Waals surface area contributed by atoms with E-state index in [9.17, 15) is 0 Å². The number of hydrogen-bond donors (Lipinski definition) is 0. The van der Waals surface area contributed by atoms with Gasteiger partial charge in [0.2, 0.25) is 0 Å². The van der Waals surface area contributed by atoms with E-state index in [4.69, 9.17) is 16.3 Å². The molecular weight excluding hydrogens is 236 g/mol. The van der Waals surface area contributed by atoms with Crippen molar-refractivity contribution in [2.24, 2.45) is 0 Å². The van der Waals surface area contributed by atoms with E-state index in [-0.39, 0.29) is 6.04 Å². The molecule has 0 amide bonds. The van der Waals surface area contributed by atoms with Crippen LogP contribution in [0.25, 0.3) is 0 Å². The fourth-order valence-corrected chi connectivity index (χ4v) is 1.97. The number of benzene rings is 1. The molecule has 0 aliphatic heterocycles. The van der Waals surface area contributed by atoms with Gasteiger partial charge in [0, 0.05) is 6.04 Å². The zero-order chi connectivity index (χ0) is 12.4. The number of imidazole rings is 1. The quantitative estimate of drug-likeness (QED) is 0.816. The van der Waals surface area contributed by atoms with Crippen molar-refractivity contribution in [3.8, 4) is 11.8 Å². The lowest BCUT2D eigenvalue weighted by Crippen LogP contribution is -2.03. The van der Waals surface area contributed by atoms with Gasteiger partial charge in [0.1, 0.15) is 10.9 Å². The molecule has 1 heterocycles. The molecular formula is C13H15ClN2O. The minimum atomic E-state index is 0.213. The minimum Gasteiger partial charge on any atom is -0.425 e. The highest BCUT2D eigenvalue weighted by molar-refractivity contribution is 6.29. The van der Waals surface area contributed by atoms with Crippen LogP contribution in [0.2, 0.25) is 5.15 Å². The van der Waals surface area contributed by atoms with Crippen molar-refractivity contribution in [2.45, 2.75) is 26.8 Å². The molecule has 0 spiro atoms. The van der Waals surface area contributed by atoms with Gasteiger partial charge in [-0.3, -0.25) is 4.57 Å². The van der Waals surface area contributed by atoms with Crippen LogP contribution in [0, 0.1) is 6.92 Å². The molecule has 17 heavy (non-hydrogen) atoms. The van der Waals surface area contributed by atoms with Gasteiger partial charge >= 0.3 is 6.01 Å². The zero-order valence-corrected chi connectivity index (χ0v) is 10.9. The van der Waals surface area contributed by atoms with Gasteiger partial charge in [0.15, 0.2) is 0 Å². The SMILES string of the molecule is Cc1cccc(Oc2ncc(Cl)n2C(C)C)c1. The zero-order valence-electron chi connectivity index (χ0n) is 10.1. The molecule has 1 aromatic heterocycles. The van der Waals surface area contributed by atoms with E-state index in [0.717, 1.165) is 11.3 Å². The van der Waals surface area contributed by atoms with Crippen molar-refractivity contribution in [2.75, 3.05) is 0 Å². The minimum absolute atomic E-state index is 0.213. The maximum absolute atomic E-state index is 6.06. The molecule has 0 atom stereocenters. The molecule has 0 unspecified atom stereocenters. The monoisotopic (exact) mass is 250 g/mol. The van der Waals surface area contributed by atoms with E-state index >= 15 is 0 Å². The number of ether oxygens (including phenoxy) is 1. The van der Waals surface area contributed by atoms with Gasteiger partial charge in [0.25, 0.3) is 0 Å². The van der Waals surface area contributed by atoms with E-state index in [2.05, 4.69) is 4.98 Å². The Kier molecular flexibility index (Phi) is 3.38. The van der Waals surface area contributed by atoms with Gasteiger partial charge in [-0.15, -0.1) is 0 Å². The first kappa shape index (κ1) is 12.0. The summed E-state index contributed by atoms with van der Waals surface area (Å²) in [4.78, 5) is 4.17. The van der Waals surface area contributed by atoms with Crippen molar-refractivity contribution in [3.05, 3.63) is 41.2 Å². The third-order valence-electron chi connectivity index (χ3n) is 2.43. The van der Waals surface area contributed by atoms with Crippen LogP contribution in [0.1, 0.15) is 25.5 Å². The molecule has 4 heteroatoms. The lowest BCUT2D eigenvalue weighted by molar-refractivity contribution is 0.396. The van der Waals surface area contributed by atoms with Crippen molar-refractivity contribution < 1.29 is 4.74 Å². The Morgan fingerprint density at radius 3 is 2.76 bits per heavy atom. The van der Waals surface area contributed by atoms with E-state index in [0.29, 0.717) is 11.2 Å². The van der Waals surface area contributed by atoms with E-state index in [1.807, 2.05) is 49.6 Å². The van der Waals surface area contributed by atoms with Gasteiger partial charge < -0.3 is 4.74 Å². The summed E-state index contributed by atoms with van der Waals surface area (Å²) < 4.78 is 7.59. The number of aromatic nitrogens is 2. The third kappa shape index (κ3) is 2.61. The van der Waals surface area contributed by atoms with Crippen molar-refractivity contribution in [1.29, 1.82) is 0 Å². The summed E-state index contributed by atoms with van der Waals surface area (Å²) in [5, 5.41) is 0.586. The number of rotatable bonds is 3. The Hall–Kier alpha value is -1.48. The van der Waals surface area contributed by atoms with E-state index in [1.165, 1.54) is 0 Å². The van der Waals surface area contributed by atoms with Crippen LogP contribution < -0.4 is 4.74 Å². The predicted octanol–water partition coefficient (Wildman–Crippen LogP) is 4.22. The summed E-state index contributed by atoms with van der Waals surface area (Å²) in [5.41, 5.74) is 1.15. The molecule has 0 aliphatic carbocycles. The highest BCUT2D eigenvalue weighted by Crippen LogP contribution is 2.27. The Balaban J connectivity index is 2.30. The largest absolute Gasteiger partial charge is 0.425 e. The molecule has 0 aliphatic rings. The first-order valence-corrected chi connectivity index (χ1v) is 5.93. The van der Waals surface area contributed by atoms with Crippen molar-refractivity contribution in [1.82, 2.24) is 9.55 Å². The highest BCUT2D eigenvalue weighted by Gasteiger charge is 2.13.